The van der Waals surface area contributed by atoms with Crippen LogP contribution in [0.4, 0.5) is 18.9 Å². The van der Waals surface area contributed by atoms with Crippen molar-refractivity contribution in [2.45, 2.75) is 44.2 Å². The zero-order valence-corrected chi connectivity index (χ0v) is 22.4. The van der Waals surface area contributed by atoms with Crippen LogP contribution < -0.4 is 20.3 Å². The SMILES string of the molecule is CN1C(=O)C(NC(=O)c2n[nH]c(Cc3ccccc3)n2)COc2ccc(CC3Cn4nc(C(F)(F)F)nc4CN3)cc21. The maximum absolute atomic E-state index is 13.3. The van der Waals surface area contributed by atoms with Crippen LogP contribution in [-0.4, -0.2) is 67.5 Å². The molecule has 3 N–H and O–H groups in total. The van der Waals surface area contributed by atoms with Crippen LogP contribution >= 0.6 is 0 Å². The Bertz CT molecular complexity index is 1620. The Labute approximate surface area is 237 Å². The summed E-state index contributed by atoms with van der Waals surface area (Å²) in [6.07, 6.45) is -3.67. The number of nitrogens with zero attached hydrogens (tertiary/aromatic N) is 6. The lowest BCUT2D eigenvalue weighted by atomic mass is 10.0. The van der Waals surface area contributed by atoms with E-state index in [-0.39, 0.29) is 43.3 Å². The van der Waals surface area contributed by atoms with Crippen molar-refractivity contribution in [3.05, 3.63) is 83.0 Å². The highest BCUT2D eigenvalue weighted by atomic mass is 19.4. The van der Waals surface area contributed by atoms with Crippen molar-refractivity contribution in [3.8, 4) is 5.75 Å². The van der Waals surface area contributed by atoms with Crippen LogP contribution in [0.25, 0.3) is 0 Å². The predicted octanol–water partition coefficient (Wildman–Crippen LogP) is 1.87. The van der Waals surface area contributed by atoms with Gasteiger partial charge in [0, 0.05) is 19.5 Å². The lowest BCUT2D eigenvalue weighted by Crippen LogP contribution is -2.49. The number of benzene rings is 2. The van der Waals surface area contributed by atoms with Gasteiger partial charge in [0.2, 0.25) is 5.82 Å². The van der Waals surface area contributed by atoms with Crippen molar-refractivity contribution in [2.75, 3.05) is 18.6 Å². The molecule has 0 bridgehead atoms. The first-order valence-electron chi connectivity index (χ1n) is 13.2. The summed E-state index contributed by atoms with van der Waals surface area (Å²) < 4.78 is 46.2. The first-order valence-corrected chi connectivity index (χ1v) is 13.2. The molecule has 15 heteroatoms. The lowest BCUT2D eigenvalue weighted by Gasteiger charge is -2.25. The van der Waals surface area contributed by atoms with Crippen LogP contribution in [0.15, 0.2) is 48.5 Å². The predicted molar refractivity (Wildman–Crippen MR) is 142 cm³/mol. The molecule has 0 saturated carbocycles. The molecule has 4 heterocycles. The summed E-state index contributed by atoms with van der Waals surface area (Å²) in [4.78, 5) is 35.4. The molecule has 0 saturated heterocycles. The van der Waals surface area contributed by atoms with E-state index in [0.717, 1.165) is 11.1 Å². The summed E-state index contributed by atoms with van der Waals surface area (Å²) >= 11 is 0. The smallest absolute Gasteiger partial charge is 0.453 e. The monoisotopic (exact) mass is 581 g/mol. The summed E-state index contributed by atoms with van der Waals surface area (Å²) in [6, 6.07) is 13.8. The number of hydrogen-bond acceptors (Lipinski definition) is 8. The number of rotatable bonds is 6. The van der Waals surface area contributed by atoms with E-state index in [0.29, 0.717) is 30.1 Å². The number of carbonyl (C=O) groups is 2. The van der Waals surface area contributed by atoms with Gasteiger partial charge in [-0.3, -0.25) is 14.7 Å². The molecule has 2 atom stereocenters. The Kier molecular flexibility index (Phi) is 7.10. The number of alkyl halides is 3. The van der Waals surface area contributed by atoms with Gasteiger partial charge in [-0.2, -0.15) is 13.2 Å². The van der Waals surface area contributed by atoms with E-state index in [1.54, 1.807) is 19.2 Å². The van der Waals surface area contributed by atoms with Crippen LogP contribution in [-0.2, 0) is 36.9 Å². The number of H-pyrrole nitrogens is 1. The molecule has 2 aromatic heterocycles. The number of fused-ring (bicyclic) bond motifs is 2. The van der Waals surface area contributed by atoms with Gasteiger partial charge in [0.05, 0.1) is 18.8 Å². The van der Waals surface area contributed by atoms with Crippen molar-refractivity contribution >= 4 is 17.5 Å². The summed E-state index contributed by atoms with van der Waals surface area (Å²) in [5, 5.41) is 16.2. The van der Waals surface area contributed by atoms with Gasteiger partial charge < -0.3 is 20.3 Å². The van der Waals surface area contributed by atoms with Crippen molar-refractivity contribution in [3.63, 3.8) is 0 Å². The van der Waals surface area contributed by atoms with Crippen LogP contribution in [0.5, 0.6) is 5.75 Å². The van der Waals surface area contributed by atoms with Crippen LogP contribution in [0.3, 0.4) is 0 Å². The first kappa shape index (κ1) is 27.4. The highest BCUT2D eigenvalue weighted by Gasteiger charge is 2.38. The number of nitrogens with one attached hydrogen (secondary N) is 3. The number of amides is 2. The van der Waals surface area contributed by atoms with E-state index >= 15 is 0 Å². The second-order valence-electron chi connectivity index (χ2n) is 10.1. The Balaban J connectivity index is 1.10. The van der Waals surface area contributed by atoms with E-state index in [1.807, 2.05) is 36.4 Å². The van der Waals surface area contributed by atoms with Gasteiger partial charge in [0.15, 0.2) is 0 Å². The third-order valence-corrected chi connectivity index (χ3v) is 7.10. The normalized spacial score (nSPS) is 18.6. The molecule has 12 nitrogen and oxygen atoms in total. The molecule has 2 unspecified atom stereocenters. The van der Waals surface area contributed by atoms with Crippen molar-refractivity contribution < 1.29 is 27.5 Å². The molecule has 0 fully saturated rings. The molecule has 2 aromatic carbocycles. The number of likely N-dealkylation sites (N-methyl/N-ethyl adjacent to an activating group) is 1. The fourth-order valence-corrected chi connectivity index (χ4v) is 4.96. The Morgan fingerprint density at radius 1 is 1.14 bits per heavy atom. The summed E-state index contributed by atoms with van der Waals surface area (Å²) in [6.45, 7) is 0.271. The van der Waals surface area contributed by atoms with Gasteiger partial charge in [-0.05, 0) is 29.7 Å². The number of ether oxygens (including phenoxy) is 1. The molecule has 0 radical (unpaired) electrons. The second-order valence-corrected chi connectivity index (χ2v) is 10.1. The molecule has 2 aliphatic rings. The minimum absolute atomic E-state index is 0.0849. The number of aromatic amines is 1. The lowest BCUT2D eigenvalue weighted by molar-refractivity contribution is -0.145. The minimum atomic E-state index is -4.61. The van der Waals surface area contributed by atoms with E-state index in [1.165, 1.54) is 9.58 Å². The van der Waals surface area contributed by atoms with E-state index in [2.05, 4.69) is 35.9 Å². The summed E-state index contributed by atoms with van der Waals surface area (Å²) in [7, 11) is 1.59. The maximum atomic E-state index is 13.3. The average molecular weight is 582 g/mol. The van der Waals surface area contributed by atoms with Crippen molar-refractivity contribution in [1.82, 2.24) is 40.6 Å². The topological polar surface area (TPSA) is 143 Å². The zero-order chi connectivity index (χ0) is 29.4. The number of aromatic nitrogens is 6. The molecule has 42 heavy (non-hydrogen) atoms. The van der Waals surface area contributed by atoms with Crippen molar-refractivity contribution in [2.24, 2.45) is 0 Å². The highest BCUT2D eigenvalue weighted by molar-refractivity contribution is 6.02. The molecule has 4 aromatic rings. The van der Waals surface area contributed by atoms with Gasteiger partial charge in [0.1, 0.15) is 30.0 Å². The van der Waals surface area contributed by atoms with Gasteiger partial charge in [-0.25, -0.2) is 14.6 Å². The minimum Gasteiger partial charge on any atom is -0.489 e. The maximum Gasteiger partial charge on any atom is 0.453 e. The first-order chi connectivity index (χ1) is 20.1. The van der Waals surface area contributed by atoms with Crippen LogP contribution in [0.1, 0.15) is 39.2 Å². The third kappa shape index (κ3) is 5.68. The molecule has 0 aliphatic carbocycles. The Morgan fingerprint density at radius 2 is 1.95 bits per heavy atom. The largest absolute Gasteiger partial charge is 0.489 e. The molecule has 6 rings (SSSR count). The van der Waals surface area contributed by atoms with Crippen LogP contribution in [0, 0.1) is 0 Å². The fourth-order valence-electron chi connectivity index (χ4n) is 4.96. The third-order valence-electron chi connectivity index (χ3n) is 7.10. The average Bonchev–Trinajstić information content (AvgIpc) is 3.60. The Hall–Kier alpha value is -4.79. The molecular formula is C27H26F3N9O3. The van der Waals surface area contributed by atoms with Gasteiger partial charge in [-0.15, -0.1) is 10.2 Å². The fraction of sp³-hybridized carbons (Fsp3) is 0.333. The molecule has 0 spiro atoms. The quantitative estimate of drug-likeness (QED) is 0.313. The number of hydrogen-bond donors (Lipinski definition) is 3. The second kappa shape index (κ2) is 10.9. The standard InChI is InChI=1S/C27H26F3N9O3/c1-38-19-10-16(9-17-13-39-22(12-31-17)34-26(37-39)27(28,29)30)7-8-20(19)42-14-18(25(38)41)32-24(40)23-33-21(35-36-23)11-15-5-3-2-4-6-15/h2-8,10,17-18,31H,9,11-14H2,1H3,(H,32,40)(H,33,35,36). The number of carbonyl (C=O) groups excluding carboxylic acids is 2. The number of halogens is 3. The van der Waals surface area contributed by atoms with E-state index in [4.69, 9.17) is 4.74 Å². The zero-order valence-electron chi connectivity index (χ0n) is 22.4. The van der Waals surface area contributed by atoms with E-state index < -0.39 is 23.9 Å². The number of anilines is 1. The molecule has 2 aliphatic heterocycles. The Morgan fingerprint density at radius 3 is 2.74 bits per heavy atom. The highest BCUT2D eigenvalue weighted by Crippen LogP contribution is 2.32. The van der Waals surface area contributed by atoms with Gasteiger partial charge in [0.25, 0.3) is 17.6 Å². The van der Waals surface area contributed by atoms with Gasteiger partial charge in [-0.1, -0.05) is 36.4 Å². The van der Waals surface area contributed by atoms with Gasteiger partial charge >= 0.3 is 6.18 Å². The van der Waals surface area contributed by atoms with Crippen molar-refractivity contribution in [1.29, 1.82) is 0 Å². The van der Waals surface area contributed by atoms with Crippen LogP contribution in [0.2, 0.25) is 0 Å². The molecule has 218 valence electrons. The summed E-state index contributed by atoms with van der Waals surface area (Å²) in [5.41, 5.74) is 2.35. The molecular weight excluding hydrogens is 555 g/mol. The molecule has 2 amide bonds. The van der Waals surface area contributed by atoms with E-state index in [9.17, 15) is 22.8 Å². The summed E-state index contributed by atoms with van der Waals surface area (Å²) in [5.74, 6) is -1.04.